The van der Waals surface area contributed by atoms with Gasteiger partial charge in [-0.05, 0) is 12.5 Å². The Morgan fingerprint density at radius 3 is 2.68 bits per heavy atom. The summed E-state index contributed by atoms with van der Waals surface area (Å²) in [6, 6.07) is 1.71. The van der Waals surface area contributed by atoms with Crippen molar-refractivity contribution < 1.29 is 19.4 Å². The molecule has 0 aliphatic rings. The van der Waals surface area contributed by atoms with Gasteiger partial charge in [0, 0.05) is 46.3 Å². The molecule has 19 heavy (non-hydrogen) atoms. The lowest BCUT2D eigenvalue weighted by atomic mass is 10.2. The Hall–Kier alpha value is -1.66. The number of carbonyl (C=O) groups is 1. The summed E-state index contributed by atoms with van der Waals surface area (Å²) < 4.78 is 10.1. The predicted molar refractivity (Wildman–Crippen MR) is 71.8 cm³/mol. The summed E-state index contributed by atoms with van der Waals surface area (Å²) in [6.45, 7) is 2.51. The third-order valence-corrected chi connectivity index (χ3v) is 2.71. The molecule has 0 aliphatic carbocycles. The highest BCUT2D eigenvalue weighted by molar-refractivity contribution is 5.94. The van der Waals surface area contributed by atoms with Crippen LogP contribution in [-0.2, 0) is 9.47 Å². The Balaban J connectivity index is 2.85. The van der Waals surface area contributed by atoms with Crippen LogP contribution in [0.2, 0.25) is 0 Å². The van der Waals surface area contributed by atoms with Crippen molar-refractivity contribution in [3.8, 4) is 0 Å². The molecular formula is C13H20N2O4. The molecule has 6 heteroatoms. The summed E-state index contributed by atoms with van der Waals surface area (Å²) in [5, 5.41) is 9.19. The third-order valence-electron chi connectivity index (χ3n) is 2.71. The summed E-state index contributed by atoms with van der Waals surface area (Å²) in [4.78, 5) is 17.0. The van der Waals surface area contributed by atoms with Crippen LogP contribution in [0, 0.1) is 0 Å². The second kappa shape index (κ2) is 8.44. The van der Waals surface area contributed by atoms with Gasteiger partial charge in [0.2, 0.25) is 0 Å². The fourth-order valence-electron chi connectivity index (χ4n) is 1.78. The number of rotatable bonds is 9. The average Bonchev–Trinajstić information content (AvgIpc) is 2.42. The van der Waals surface area contributed by atoms with Gasteiger partial charge in [0.25, 0.3) is 0 Å². The molecule has 1 aromatic heterocycles. The smallest absolute Gasteiger partial charge is 0.339 e. The number of anilines is 1. The van der Waals surface area contributed by atoms with Gasteiger partial charge in [-0.2, -0.15) is 0 Å². The van der Waals surface area contributed by atoms with Gasteiger partial charge < -0.3 is 19.5 Å². The van der Waals surface area contributed by atoms with Crippen LogP contribution in [0.4, 0.5) is 5.69 Å². The standard InChI is InChI=1S/C13H20N2O4/c1-18-8-3-6-15(7-9-19-2)12-4-5-14-10-11(12)13(16)17/h4-5,10H,3,6-9H2,1-2H3,(H,16,17). The van der Waals surface area contributed by atoms with Gasteiger partial charge in [0.1, 0.15) is 5.56 Å². The van der Waals surface area contributed by atoms with E-state index in [-0.39, 0.29) is 5.56 Å². The van der Waals surface area contributed by atoms with Crippen molar-refractivity contribution in [1.29, 1.82) is 0 Å². The van der Waals surface area contributed by atoms with Gasteiger partial charge in [0.15, 0.2) is 0 Å². The van der Waals surface area contributed by atoms with Gasteiger partial charge in [0.05, 0.1) is 12.3 Å². The molecule has 0 bridgehead atoms. The molecule has 6 nitrogen and oxygen atoms in total. The third kappa shape index (κ3) is 4.84. The molecule has 1 rings (SSSR count). The summed E-state index contributed by atoms with van der Waals surface area (Å²) in [6.07, 6.45) is 3.79. The van der Waals surface area contributed by atoms with Crippen LogP contribution in [0.5, 0.6) is 0 Å². The molecule has 0 fully saturated rings. The van der Waals surface area contributed by atoms with Gasteiger partial charge in [-0.15, -0.1) is 0 Å². The molecule has 0 spiro atoms. The number of ether oxygens (including phenoxy) is 2. The molecule has 0 amide bonds. The number of carboxylic acid groups (broad SMARTS) is 1. The number of nitrogens with zero attached hydrogens (tertiary/aromatic N) is 2. The SMILES string of the molecule is COCCCN(CCOC)c1ccncc1C(=O)O. The lowest BCUT2D eigenvalue weighted by Gasteiger charge is -2.25. The van der Waals surface area contributed by atoms with Crippen molar-refractivity contribution in [3.05, 3.63) is 24.0 Å². The van der Waals surface area contributed by atoms with E-state index in [1.54, 1.807) is 26.5 Å². The van der Waals surface area contributed by atoms with Crippen LogP contribution in [0.15, 0.2) is 18.5 Å². The second-order valence-corrected chi connectivity index (χ2v) is 4.02. The minimum absolute atomic E-state index is 0.205. The zero-order valence-electron chi connectivity index (χ0n) is 11.3. The molecule has 0 radical (unpaired) electrons. The number of hydrogen-bond donors (Lipinski definition) is 1. The van der Waals surface area contributed by atoms with Crippen molar-refractivity contribution in [2.45, 2.75) is 6.42 Å². The lowest BCUT2D eigenvalue weighted by Crippen LogP contribution is -2.30. The van der Waals surface area contributed by atoms with E-state index in [9.17, 15) is 9.90 Å². The molecule has 1 N–H and O–H groups in total. The van der Waals surface area contributed by atoms with E-state index in [1.807, 2.05) is 4.90 Å². The average molecular weight is 268 g/mol. The van der Waals surface area contributed by atoms with Crippen molar-refractivity contribution in [3.63, 3.8) is 0 Å². The van der Waals surface area contributed by atoms with E-state index in [2.05, 4.69) is 4.98 Å². The summed E-state index contributed by atoms with van der Waals surface area (Å²) in [7, 11) is 3.27. The highest BCUT2D eigenvalue weighted by Crippen LogP contribution is 2.19. The number of aromatic nitrogens is 1. The van der Waals surface area contributed by atoms with Crippen LogP contribution in [0.3, 0.4) is 0 Å². The first kappa shape index (κ1) is 15.4. The quantitative estimate of drug-likeness (QED) is 0.680. The van der Waals surface area contributed by atoms with Crippen LogP contribution in [-0.4, -0.2) is 56.6 Å². The Kier molecular flexibility index (Phi) is 6.84. The highest BCUT2D eigenvalue weighted by Gasteiger charge is 2.15. The Bertz CT molecular complexity index is 398. The summed E-state index contributed by atoms with van der Waals surface area (Å²) in [5.74, 6) is -0.975. The van der Waals surface area contributed by atoms with Crippen LogP contribution < -0.4 is 4.90 Å². The topological polar surface area (TPSA) is 71.9 Å². The first-order valence-electron chi connectivity index (χ1n) is 6.10. The van der Waals surface area contributed by atoms with Crippen LogP contribution >= 0.6 is 0 Å². The molecule has 0 atom stereocenters. The second-order valence-electron chi connectivity index (χ2n) is 4.02. The molecule has 1 heterocycles. The molecule has 0 saturated heterocycles. The van der Waals surface area contributed by atoms with Gasteiger partial charge in [-0.1, -0.05) is 0 Å². The van der Waals surface area contributed by atoms with E-state index < -0.39 is 5.97 Å². The van der Waals surface area contributed by atoms with Gasteiger partial charge >= 0.3 is 5.97 Å². The maximum absolute atomic E-state index is 11.2. The van der Waals surface area contributed by atoms with Crippen molar-refractivity contribution in [2.75, 3.05) is 45.4 Å². The van der Waals surface area contributed by atoms with Gasteiger partial charge in [-0.25, -0.2) is 4.79 Å². The Morgan fingerprint density at radius 1 is 1.32 bits per heavy atom. The maximum Gasteiger partial charge on any atom is 0.339 e. The van der Waals surface area contributed by atoms with Crippen LogP contribution in [0.25, 0.3) is 0 Å². The molecule has 0 aliphatic heterocycles. The molecule has 0 unspecified atom stereocenters. The monoisotopic (exact) mass is 268 g/mol. The fraction of sp³-hybridized carbons (Fsp3) is 0.538. The Morgan fingerprint density at radius 2 is 2.05 bits per heavy atom. The zero-order chi connectivity index (χ0) is 14.1. The van der Waals surface area contributed by atoms with Crippen molar-refractivity contribution in [1.82, 2.24) is 4.98 Å². The molecule has 0 saturated carbocycles. The fourth-order valence-corrected chi connectivity index (χ4v) is 1.78. The van der Waals surface area contributed by atoms with E-state index >= 15 is 0 Å². The molecule has 106 valence electrons. The normalized spacial score (nSPS) is 10.4. The van der Waals surface area contributed by atoms with E-state index in [1.165, 1.54) is 6.20 Å². The van der Waals surface area contributed by atoms with E-state index in [0.717, 1.165) is 6.42 Å². The first-order chi connectivity index (χ1) is 9.20. The summed E-state index contributed by atoms with van der Waals surface area (Å²) >= 11 is 0. The first-order valence-corrected chi connectivity index (χ1v) is 6.10. The molecular weight excluding hydrogens is 248 g/mol. The minimum Gasteiger partial charge on any atom is -0.478 e. The van der Waals surface area contributed by atoms with Crippen LogP contribution in [0.1, 0.15) is 16.8 Å². The summed E-state index contributed by atoms with van der Waals surface area (Å²) in [5.41, 5.74) is 0.867. The number of pyridine rings is 1. The number of methoxy groups -OCH3 is 2. The molecule has 0 aromatic carbocycles. The van der Waals surface area contributed by atoms with Crippen molar-refractivity contribution >= 4 is 11.7 Å². The van der Waals surface area contributed by atoms with Crippen molar-refractivity contribution in [2.24, 2.45) is 0 Å². The maximum atomic E-state index is 11.2. The number of aromatic carboxylic acids is 1. The minimum atomic E-state index is -0.975. The Labute approximate surface area is 113 Å². The van der Waals surface area contributed by atoms with Gasteiger partial charge in [-0.3, -0.25) is 4.98 Å². The predicted octanol–water partition coefficient (Wildman–Crippen LogP) is 1.27. The van der Waals surface area contributed by atoms with E-state index in [0.29, 0.717) is 32.0 Å². The van der Waals surface area contributed by atoms with E-state index in [4.69, 9.17) is 9.47 Å². The zero-order valence-corrected chi connectivity index (χ0v) is 11.3. The number of carboxylic acids is 1. The number of hydrogen-bond acceptors (Lipinski definition) is 5. The highest BCUT2D eigenvalue weighted by atomic mass is 16.5. The largest absolute Gasteiger partial charge is 0.478 e. The molecule has 1 aromatic rings. The lowest BCUT2D eigenvalue weighted by molar-refractivity contribution is 0.0697.